The molecule has 0 aliphatic rings. The van der Waals surface area contributed by atoms with Gasteiger partial charge in [0.25, 0.3) is 0 Å². The molecule has 0 unspecified atom stereocenters. The molecule has 12 heteroatoms. The zero-order chi connectivity index (χ0) is 30.7. The Labute approximate surface area is 254 Å². The van der Waals surface area contributed by atoms with Crippen molar-refractivity contribution in [3.8, 4) is 0 Å². The first kappa shape index (κ1) is 29.2. The molecule has 0 atom stereocenters. The highest BCUT2D eigenvalue weighted by Gasteiger charge is 2.14. The van der Waals surface area contributed by atoms with Crippen molar-refractivity contribution in [2.75, 3.05) is 22.9 Å². The third-order valence-corrected chi connectivity index (χ3v) is 6.38. The lowest BCUT2D eigenvalue weighted by molar-refractivity contribution is 0.701. The van der Waals surface area contributed by atoms with Gasteiger partial charge >= 0.3 is 0 Å². The van der Waals surface area contributed by atoms with Crippen LogP contribution in [0.4, 0.5) is 46.0 Å². The number of aromatic nitrogens is 4. The van der Waals surface area contributed by atoms with E-state index in [0.29, 0.717) is 36.1 Å². The maximum absolute atomic E-state index is 6.08. The average Bonchev–Trinajstić information content (AvgIpc) is 3.48. The summed E-state index contributed by atoms with van der Waals surface area (Å²) < 4.78 is 3.26. The van der Waals surface area contributed by atoms with E-state index < -0.39 is 0 Å². The molecule has 0 fully saturated rings. The molecule has 0 aliphatic carbocycles. The number of anilines is 4. The Balaban J connectivity index is 0.000000175. The van der Waals surface area contributed by atoms with Crippen molar-refractivity contribution < 1.29 is 0 Å². The molecule has 0 aliphatic heterocycles. The second kappa shape index (κ2) is 14.0. The summed E-state index contributed by atoms with van der Waals surface area (Å²) in [5.41, 5.74) is 28.4. The highest BCUT2D eigenvalue weighted by atomic mass is 15.4. The summed E-state index contributed by atoms with van der Waals surface area (Å²) in [4.78, 5) is 0. The van der Waals surface area contributed by atoms with Gasteiger partial charge in [0.05, 0.1) is 24.5 Å². The number of azo groups is 2. The molecule has 0 spiro atoms. The minimum Gasteiger partial charge on any atom is -0.382 e. The summed E-state index contributed by atoms with van der Waals surface area (Å²) in [6, 6.07) is 38.6. The van der Waals surface area contributed by atoms with E-state index in [0.717, 1.165) is 22.5 Å². The van der Waals surface area contributed by atoms with Crippen molar-refractivity contribution in [3.05, 3.63) is 132 Å². The van der Waals surface area contributed by atoms with Crippen LogP contribution in [0.25, 0.3) is 0 Å². The molecule has 4 aromatic carbocycles. The first-order chi connectivity index (χ1) is 21.5. The maximum Gasteiger partial charge on any atom is 0.175 e. The van der Waals surface area contributed by atoms with E-state index in [2.05, 4.69) is 30.7 Å². The van der Waals surface area contributed by atoms with Gasteiger partial charge in [0.2, 0.25) is 0 Å². The van der Waals surface area contributed by atoms with Crippen LogP contribution < -0.4 is 22.9 Å². The molecule has 6 rings (SSSR count). The highest BCUT2D eigenvalue weighted by molar-refractivity contribution is 5.72. The number of nitrogens with zero attached hydrogens (tertiary/aromatic N) is 8. The van der Waals surface area contributed by atoms with E-state index >= 15 is 0 Å². The van der Waals surface area contributed by atoms with Crippen LogP contribution in [0.2, 0.25) is 0 Å². The van der Waals surface area contributed by atoms with Crippen molar-refractivity contribution in [2.24, 2.45) is 20.5 Å². The minimum absolute atomic E-state index is 0.271. The van der Waals surface area contributed by atoms with Crippen molar-refractivity contribution in [1.29, 1.82) is 0 Å². The average molecular weight is 585 g/mol. The molecule has 0 bridgehead atoms. The molecular weight excluding hydrogens is 552 g/mol. The lowest BCUT2D eigenvalue weighted by Crippen LogP contribution is -2.05. The van der Waals surface area contributed by atoms with Gasteiger partial charge in [-0.05, 0) is 35.4 Å². The van der Waals surface area contributed by atoms with Gasteiger partial charge in [0.15, 0.2) is 34.6 Å². The standard InChI is InChI=1S/2C16H16N6/c2*17-15-14(20-19-13-9-5-2-6-10-13)16(18)22(21-15)11-12-7-3-1-4-8-12/h2*1-10H,11,18H2,(H2,17,21). The Morgan fingerprint density at radius 3 is 1.09 bits per heavy atom. The monoisotopic (exact) mass is 584 g/mol. The highest BCUT2D eigenvalue weighted by Crippen LogP contribution is 2.32. The van der Waals surface area contributed by atoms with Crippen molar-refractivity contribution in [1.82, 2.24) is 19.6 Å². The van der Waals surface area contributed by atoms with E-state index in [-0.39, 0.29) is 11.6 Å². The molecule has 44 heavy (non-hydrogen) atoms. The first-order valence-corrected chi connectivity index (χ1v) is 13.7. The van der Waals surface area contributed by atoms with E-state index in [4.69, 9.17) is 22.9 Å². The Hall–Kier alpha value is -6.30. The predicted molar refractivity (Wildman–Crippen MR) is 174 cm³/mol. The first-order valence-electron chi connectivity index (χ1n) is 13.7. The van der Waals surface area contributed by atoms with Crippen molar-refractivity contribution >= 4 is 46.0 Å². The zero-order valence-electron chi connectivity index (χ0n) is 23.8. The topological polar surface area (TPSA) is 189 Å². The number of hydrogen-bond donors (Lipinski definition) is 4. The van der Waals surface area contributed by atoms with Crippen LogP contribution in [-0.2, 0) is 13.1 Å². The molecule has 12 nitrogen and oxygen atoms in total. The fraction of sp³-hybridized carbons (Fsp3) is 0.0625. The summed E-state index contributed by atoms with van der Waals surface area (Å²) in [5.74, 6) is 1.35. The molecule has 220 valence electrons. The van der Waals surface area contributed by atoms with Crippen LogP contribution in [-0.4, -0.2) is 19.6 Å². The lowest BCUT2D eigenvalue weighted by atomic mass is 10.2. The summed E-state index contributed by atoms with van der Waals surface area (Å²) in [5, 5.41) is 25.0. The molecule has 2 heterocycles. The van der Waals surface area contributed by atoms with Gasteiger partial charge in [-0.1, -0.05) is 97.1 Å². The molecule has 0 amide bonds. The van der Waals surface area contributed by atoms with Crippen LogP contribution in [0.3, 0.4) is 0 Å². The smallest absolute Gasteiger partial charge is 0.175 e. The van der Waals surface area contributed by atoms with E-state index in [1.165, 1.54) is 0 Å². The van der Waals surface area contributed by atoms with Crippen LogP contribution in [0, 0.1) is 0 Å². The Morgan fingerprint density at radius 1 is 0.432 bits per heavy atom. The maximum atomic E-state index is 6.08. The second-order valence-corrected chi connectivity index (χ2v) is 9.60. The number of benzene rings is 4. The van der Waals surface area contributed by atoms with E-state index in [1.54, 1.807) is 9.36 Å². The van der Waals surface area contributed by atoms with Crippen LogP contribution in [0.15, 0.2) is 142 Å². The van der Waals surface area contributed by atoms with Gasteiger partial charge in [-0.25, -0.2) is 9.36 Å². The van der Waals surface area contributed by atoms with E-state index in [1.807, 2.05) is 121 Å². The van der Waals surface area contributed by atoms with Gasteiger partial charge in [-0.15, -0.1) is 10.2 Å². The molecule has 0 radical (unpaired) electrons. The summed E-state index contributed by atoms with van der Waals surface area (Å²) in [6.07, 6.45) is 0. The SMILES string of the molecule is Nc1nn(Cc2ccccc2)c(N)c1N=Nc1ccccc1.Nc1nn(Cc2ccccc2)c(N)c1N=Nc1ccccc1. The molecule has 0 saturated carbocycles. The molecule has 6 aromatic rings. The second-order valence-electron chi connectivity index (χ2n) is 9.60. The van der Waals surface area contributed by atoms with Crippen LogP contribution >= 0.6 is 0 Å². The lowest BCUT2D eigenvalue weighted by Gasteiger charge is -2.03. The molecule has 8 N–H and O–H groups in total. The Bertz CT molecular complexity index is 1690. The molecule has 2 aromatic heterocycles. The number of nitrogens with two attached hydrogens (primary N) is 4. The van der Waals surface area contributed by atoms with Gasteiger partial charge in [-0.3, -0.25) is 0 Å². The summed E-state index contributed by atoms with van der Waals surface area (Å²) in [6.45, 7) is 1.08. The quantitative estimate of drug-likeness (QED) is 0.139. The van der Waals surface area contributed by atoms with Gasteiger partial charge in [0, 0.05) is 0 Å². The summed E-state index contributed by atoms with van der Waals surface area (Å²) in [7, 11) is 0. The van der Waals surface area contributed by atoms with E-state index in [9.17, 15) is 0 Å². The predicted octanol–water partition coefficient (Wildman–Crippen LogP) is 7.02. The normalized spacial score (nSPS) is 11.1. The van der Waals surface area contributed by atoms with Gasteiger partial charge < -0.3 is 22.9 Å². The van der Waals surface area contributed by atoms with Crippen LogP contribution in [0.5, 0.6) is 0 Å². The number of rotatable bonds is 8. The third kappa shape index (κ3) is 7.50. The number of hydrogen-bond acceptors (Lipinski definition) is 10. The number of nitrogen functional groups attached to an aromatic ring is 4. The van der Waals surface area contributed by atoms with Crippen molar-refractivity contribution in [2.45, 2.75) is 13.1 Å². The van der Waals surface area contributed by atoms with Crippen molar-refractivity contribution in [3.63, 3.8) is 0 Å². The molecular formula is C32H32N12. The third-order valence-electron chi connectivity index (χ3n) is 6.38. The fourth-order valence-corrected chi connectivity index (χ4v) is 4.13. The van der Waals surface area contributed by atoms with Gasteiger partial charge in [0.1, 0.15) is 0 Å². The molecule has 0 saturated heterocycles. The van der Waals surface area contributed by atoms with Crippen LogP contribution in [0.1, 0.15) is 11.1 Å². The Kier molecular flexibility index (Phi) is 9.32. The zero-order valence-corrected chi connectivity index (χ0v) is 23.8. The Morgan fingerprint density at radius 2 is 0.750 bits per heavy atom. The largest absolute Gasteiger partial charge is 0.382 e. The summed E-state index contributed by atoms with van der Waals surface area (Å²) >= 11 is 0. The fourth-order valence-electron chi connectivity index (χ4n) is 4.13. The van der Waals surface area contributed by atoms with Gasteiger partial charge in [-0.2, -0.15) is 20.4 Å². The minimum atomic E-state index is 0.271.